The second-order valence-electron chi connectivity index (χ2n) is 5.32. The number of thiocarbonyl (C=S) groups is 1. The molecule has 2 aromatic rings. The molecule has 1 fully saturated rings. The minimum atomic E-state index is -4.37. The van der Waals surface area contributed by atoms with Gasteiger partial charge < -0.3 is 10.2 Å². The predicted octanol–water partition coefficient (Wildman–Crippen LogP) is 3.34. The number of halogens is 3. The van der Waals surface area contributed by atoms with Gasteiger partial charge in [-0.1, -0.05) is 23.2 Å². The van der Waals surface area contributed by atoms with Crippen molar-refractivity contribution in [1.29, 1.82) is 0 Å². The van der Waals surface area contributed by atoms with Crippen LogP contribution in [0.5, 0.6) is 0 Å². The summed E-state index contributed by atoms with van der Waals surface area (Å²) < 4.78 is 45.3. The van der Waals surface area contributed by atoms with E-state index in [2.05, 4.69) is 5.32 Å². The largest absolute Gasteiger partial charge is 0.302 e. The number of nitrogens with one attached hydrogen (secondary N) is 1. The zero-order valence-corrected chi connectivity index (χ0v) is 15.8. The predicted molar refractivity (Wildman–Crippen MR) is 98.6 cm³/mol. The first-order chi connectivity index (χ1) is 12.1. The average molecular weight is 435 g/mol. The van der Waals surface area contributed by atoms with Crippen molar-refractivity contribution in [1.82, 2.24) is 5.32 Å². The normalized spacial score (nSPS) is 17.5. The van der Waals surface area contributed by atoms with Gasteiger partial charge in [0.25, 0.3) is 16.0 Å². The van der Waals surface area contributed by atoms with Gasteiger partial charge in [-0.3, -0.25) is 9.35 Å². The van der Waals surface area contributed by atoms with Crippen LogP contribution in [0.4, 0.5) is 10.1 Å². The Kier molecular flexibility index (Phi) is 4.93. The number of hydrogen-bond donors (Lipinski definition) is 2. The number of benzene rings is 2. The molecular formula is C15H9Cl2FN2O4S2. The number of nitrogens with zero attached hydrogens (tertiary/aromatic N) is 1. The highest BCUT2D eigenvalue weighted by molar-refractivity contribution is 7.85. The maximum atomic E-state index is 13.9. The summed E-state index contributed by atoms with van der Waals surface area (Å²) in [6.07, 6.45) is 0. The Morgan fingerprint density at radius 2 is 1.77 bits per heavy atom. The van der Waals surface area contributed by atoms with Gasteiger partial charge in [0.1, 0.15) is 11.9 Å². The van der Waals surface area contributed by atoms with Crippen LogP contribution in [0.25, 0.3) is 0 Å². The van der Waals surface area contributed by atoms with Crippen LogP contribution in [-0.4, -0.2) is 24.0 Å². The van der Waals surface area contributed by atoms with E-state index in [-0.39, 0.29) is 25.6 Å². The Morgan fingerprint density at radius 1 is 1.15 bits per heavy atom. The van der Waals surface area contributed by atoms with E-state index in [1.807, 2.05) is 0 Å². The molecule has 1 heterocycles. The smallest absolute Gasteiger partial charge is 0.294 e. The number of carbonyl (C=O) groups excluding carboxylic acids is 1. The lowest BCUT2D eigenvalue weighted by Gasteiger charge is -2.24. The summed E-state index contributed by atoms with van der Waals surface area (Å²) in [5, 5.41) is 2.37. The molecule has 1 atom stereocenters. The molecular weight excluding hydrogens is 426 g/mol. The van der Waals surface area contributed by atoms with Crippen molar-refractivity contribution in [3.63, 3.8) is 0 Å². The molecule has 0 aromatic heterocycles. The number of rotatable bonds is 3. The molecule has 1 aliphatic heterocycles. The molecule has 3 rings (SSSR count). The lowest BCUT2D eigenvalue weighted by molar-refractivity contribution is -0.119. The van der Waals surface area contributed by atoms with Crippen LogP contribution in [0.15, 0.2) is 41.3 Å². The van der Waals surface area contributed by atoms with E-state index in [1.54, 1.807) is 0 Å². The van der Waals surface area contributed by atoms with Gasteiger partial charge >= 0.3 is 0 Å². The average Bonchev–Trinajstić information content (AvgIpc) is 2.84. The van der Waals surface area contributed by atoms with Gasteiger partial charge in [-0.25, -0.2) is 4.39 Å². The zero-order chi connectivity index (χ0) is 19.2. The molecule has 1 unspecified atom stereocenters. The standard InChI is InChI=1S/C15H9Cl2FN2O4S2/c16-10-6-11(17)12(18)5-9(10)13-14(21)19-15(25)20(13)7-1-3-8(4-2-7)26(22,23)24/h1-6,13H,(H,19,21,25)(H,22,23,24). The molecule has 1 saturated heterocycles. The Labute approximate surface area is 163 Å². The van der Waals surface area contributed by atoms with E-state index in [9.17, 15) is 17.6 Å². The summed E-state index contributed by atoms with van der Waals surface area (Å²) in [7, 11) is -4.37. The zero-order valence-electron chi connectivity index (χ0n) is 12.6. The summed E-state index contributed by atoms with van der Waals surface area (Å²) in [4.78, 5) is 13.4. The fraction of sp³-hybridized carbons (Fsp3) is 0.0667. The highest BCUT2D eigenvalue weighted by Crippen LogP contribution is 2.37. The number of amides is 1. The van der Waals surface area contributed by atoms with Crippen molar-refractivity contribution in [3.05, 3.63) is 57.8 Å². The molecule has 6 nitrogen and oxygen atoms in total. The molecule has 0 spiro atoms. The van der Waals surface area contributed by atoms with Crippen LogP contribution in [0.3, 0.4) is 0 Å². The molecule has 0 bridgehead atoms. The lowest BCUT2D eigenvalue weighted by atomic mass is 10.0. The third-order valence-electron chi connectivity index (χ3n) is 3.70. The maximum absolute atomic E-state index is 13.9. The molecule has 1 amide bonds. The van der Waals surface area contributed by atoms with Crippen molar-refractivity contribution < 1.29 is 22.2 Å². The molecule has 0 saturated carbocycles. The van der Waals surface area contributed by atoms with Crippen LogP contribution >= 0.6 is 35.4 Å². The first-order valence-corrected chi connectivity index (χ1v) is 9.56. The SMILES string of the molecule is O=C1NC(=S)N(c2ccc(S(=O)(=O)O)cc2)C1c1cc(F)c(Cl)cc1Cl. The first-order valence-electron chi connectivity index (χ1n) is 6.95. The number of carbonyl (C=O) groups is 1. The van der Waals surface area contributed by atoms with Crippen LogP contribution in [-0.2, 0) is 14.9 Å². The third kappa shape index (κ3) is 3.40. The van der Waals surface area contributed by atoms with Gasteiger partial charge in [0.15, 0.2) is 5.11 Å². The first kappa shape index (κ1) is 19.0. The fourth-order valence-corrected chi connectivity index (χ4v) is 3.82. The molecule has 2 aromatic carbocycles. The summed E-state index contributed by atoms with van der Waals surface area (Å²) in [5.74, 6) is -1.28. The van der Waals surface area contributed by atoms with Crippen LogP contribution in [0.2, 0.25) is 10.0 Å². The molecule has 1 aliphatic rings. The molecule has 0 aliphatic carbocycles. The maximum Gasteiger partial charge on any atom is 0.294 e. The topological polar surface area (TPSA) is 86.7 Å². The van der Waals surface area contributed by atoms with E-state index in [4.69, 9.17) is 40.0 Å². The Hall–Kier alpha value is -1.78. The minimum absolute atomic E-state index is 0.0334. The van der Waals surface area contributed by atoms with Gasteiger partial charge in [0, 0.05) is 16.3 Å². The van der Waals surface area contributed by atoms with Gasteiger partial charge in [-0.05, 0) is 48.6 Å². The van der Waals surface area contributed by atoms with E-state index in [0.29, 0.717) is 5.69 Å². The number of anilines is 1. The summed E-state index contributed by atoms with van der Waals surface area (Å²) >= 11 is 17.0. The van der Waals surface area contributed by atoms with E-state index >= 15 is 0 Å². The van der Waals surface area contributed by atoms with Crippen molar-refractivity contribution in [3.8, 4) is 0 Å². The third-order valence-corrected chi connectivity index (χ3v) is 5.49. The Bertz CT molecular complexity index is 1030. The van der Waals surface area contributed by atoms with Crippen molar-refractivity contribution in [2.45, 2.75) is 10.9 Å². The van der Waals surface area contributed by atoms with Crippen LogP contribution < -0.4 is 10.2 Å². The van der Waals surface area contributed by atoms with E-state index in [1.165, 1.54) is 23.1 Å². The van der Waals surface area contributed by atoms with E-state index in [0.717, 1.165) is 18.2 Å². The van der Waals surface area contributed by atoms with Gasteiger partial charge in [0.05, 0.1) is 9.92 Å². The summed E-state index contributed by atoms with van der Waals surface area (Å²) in [6.45, 7) is 0. The van der Waals surface area contributed by atoms with Gasteiger partial charge in [-0.15, -0.1) is 0 Å². The molecule has 2 N–H and O–H groups in total. The quantitative estimate of drug-likeness (QED) is 0.437. The summed E-state index contributed by atoms with van der Waals surface area (Å²) in [6, 6.07) is 6.16. The highest BCUT2D eigenvalue weighted by Gasteiger charge is 2.39. The van der Waals surface area contributed by atoms with Crippen molar-refractivity contribution in [2.24, 2.45) is 0 Å². The second kappa shape index (κ2) is 6.75. The molecule has 0 radical (unpaired) electrons. The Morgan fingerprint density at radius 3 is 2.35 bits per heavy atom. The van der Waals surface area contributed by atoms with Gasteiger partial charge in [0.2, 0.25) is 0 Å². The lowest BCUT2D eigenvalue weighted by Crippen LogP contribution is -2.29. The monoisotopic (exact) mass is 434 g/mol. The van der Waals surface area contributed by atoms with Crippen molar-refractivity contribution in [2.75, 3.05) is 4.90 Å². The van der Waals surface area contributed by atoms with E-state index < -0.39 is 27.9 Å². The molecule has 136 valence electrons. The highest BCUT2D eigenvalue weighted by atomic mass is 35.5. The fourth-order valence-electron chi connectivity index (χ4n) is 2.54. The van der Waals surface area contributed by atoms with Crippen LogP contribution in [0.1, 0.15) is 11.6 Å². The second-order valence-corrected chi connectivity index (χ2v) is 7.95. The molecule has 11 heteroatoms. The summed E-state index contributed by atoms with van der Waals surface area (Å²) in [5.41, 5.74) is 0.488. The van der Waals surface area contributed by atoms with Crippen LogP contribution in [0, 0.1) is 5.82 Å². The van der Waals surface area contributed by atoms with Gasteiger partial charge in [-0.2, -0.15) is 8.42 Å². The number of hydrogen-bond acceptors (Lipinski definition) is 4. The molecule has 26 heavy (non-hydrogen) atoms. The Balaban J connectivity index is 2.09. The van der Waals surface area contributed by atoms with Crippen molar-refractivity contribution >= 4 is 62.2 Å². The minimum Gasteiger partial charge on any atom is -0.302 e.